The van der Waals surface area contributed by atoms with E-state index in [9.17, 15) is 18.8 Å². The van der Waals surface area contributed by atoms with Crippen LogP contribution in [0.1, 0.15) is 10.4 Å². The Morgan fingerprint density at radius 3 is 2.62 bits per heavy atom. The summed E-state index contributed by atoms with van der Waals surface area (Å²) in [6.45, 7) is 0. The van der Waals surface area contributed by atoms with E-state index in [-0.39, 0.29) is 27.1 Å². The van der Waals surface area contributed by atoms with Crippen molar-refractivity contribution >= 4 is 51.8 Å². The number of nitrogens with one attached hydrogen (secondary N) is 1. The zero-order valence-electron chi connectivity index (χ0n) is 17.7. The molecule has 0 aliphatic rings. The van der Waals surface area contributed by atoms with E-state index in [1.165, 1.54) is 29.9 Å². The maximum atomic E-state index is 13.7. The molecule has 0 bridgehead atoms. The third-order valence-electron chi connectivity index (χ3n) is 4.85. The molecule has 0 saturated heterocycles. The van der Waals surface area contributed by atoms with E-state index in [1.807, 2.05) is 0 Å². The van der Waals surface area contributed by atoms with Gasteiger partial charge in [-0.1, -0.05) is 47.6 Å². The predicted octanol–water partition coefficient (Wildman–Crippen LogP) is 4.70. The summed E-state index contributed by atoms with van der Waals surface area (Å²) in [5, 5.41) is 3.12. The predicted molar refractivity (Wildman–Crippen MR) is 129 cm³/mol. The lowest BCUT2D eigenvalue weighted by Crippen LogP contribution is -2.23. The molecule has 1 aromatic heterocycles. The number of amides is 1. The van der Waals surface area contributed by atoms with Gasteiger partial charge in [0, 0.05) is 0 Å². The lowest BCUT2D eigenvalue weighted by atomic mass is 10.2. The fourth-order valence-corrected chi connectivity index (χ4v) is 4.24. The van der Waals surface area contributed by atoms with Crippen LogP contribution < -0.4 is 10.9 Å². The number of methoxy groups -OCH3 is 1. The molecular weight excluding hydrogens is 481 g/mol. The van der Waals surface area contributed by atoms with Gasteiger partial charge in [0.15, 0.2) is 5.16 Å². The Kier molecular flexibility index (Phi) is 6.95. The molecule has 0 atom stereocenters. The minimum atomic E-state index is -0.620. The lowest BCUT2D eigenvalue weighted by molar-refractivity contribution is -0.113. The van der Waals surface area contributed by atoms with Crippen LogP contribution in [-0.2, 0) is 9.53 Å². The van der Waals surface area contributed by atoms with Gasteiger partial charge < -0.3 is 10.1 Å². The molecule has 0 aliphatic carbocycles. The molecule has 3 aromatic carbocycles. The van der Waals surface area contributed by atoms with E-state index in [0.29, 0.717) is 22.3 Å². The molecule has 4 rings (SSSR count). The highest BCUT2D eigenvalue weighted by Gasteiger charge is 2.17. The Labute approximate surface area is 202 Å². The van der Waals surface area contributed by atoms with Crippen molar-refractivity contribution in [3.63, 3.8) is 0 Å². The van der Waals surface area contributed by atoms with Crippen molar-refractivity contribution in [3.05, 3.63) is 93.5 Å². The number of carbonyl (C=O) groups is 2. The zero-order chi connectivity index (χ0) is 24.2. The maximum absolute atomic E-state index is 13.7. The van der Waals surface area contributed by atoms with Crippen molar-refractivity contribution in [2.24, 2.45) is 0 Å². The summed E-state index contributed by atoms with van der Waals surface area (Å²) in [6.07, 6.45) is 0. The third kappa shape index (κ3) is 4.80. The number of para-hydroxylation sites is 2. The molecule has 7 nitrogen and oxygen atoms in total. The molecule has 0 fully saturated rings. The standard InChI is InChI=1S/C24H17ClFN3O4S/c1-33-23(32)16-7-3-5-9-20(16)27-21(30)13-34-24-28-19-8-4-2-6-15(19)22(31)29(24)14-10-11-18(26)17(25)12-14/h2-12H,13H2,1H3,(H,27,30). The number of anilines is 1. The summed E-state index contributed by atoms with van der Waals surface area (Å²) in [6, 6.07) is 17.1. The highest BCUT2D eigenvalue weighted by atomic mass is 35.5. The molecule has 10 heteroatoms. The molecule has 0 spiro atoms. The third-order valence-corrected chi connectivity index (χ3v) is 6.07. The number of fused-ring (bicyclic) bond motifs is 1. The number of thioether (sulfide) groups is 1. The van der Waals surface area contributed by atoms with Crippen molar-refractivity contribution in [2.75, 3.05) is 18.2 Å². The van der Waals surface area contributed by atoms with Gasteiger partial charge in [0.25, 0.3) is 5.56 Å². The SMILES string of the molecule is COC(=O)c1ccccc1NC(=O)CSc1nc2ccccc2c(=O)n1-c1ccc(F)c(Cl)c1. The highest BCUT2D eigenvalue weighted by Crippen LogP contribution is 2.25. The van der Waals surface area contributed by atoms with Crippen LogP contribution in [0.2, 0.25) is 5.02 Å². The highest BCUT2D eigenvalue weighted by molar-refractivity contribution is 7.99. The average molecular weight is 498 g/mol. The molecule has 4 aromatic rings. The minimum absolute atomic E-state index is 0.116. The summed E-state index contributed by atoms with van der Waals surface area (Å²) >= 11 is 6.95. The summed E-state index contributed by atoms with van der Waals surface area (Å²) < 4.78 is 19.7. The normalized spacial score (nSPS) is 10.8. The zero-order valence-corrected chi connectivity index (χ0v) is 19.3. The monoisotopic (exact) mass is 497 g/mol. The summed E-state index contributed by atoms with van der Waals surface area (Å²) in [5.41, 5.74) is 0.899. The molecule has 34 heavy (non-hydrogen) atoms. The number of halogens is 2. The first-order chi connectivity index (χ1) is 16.4. The first kappa shape index (κ1) is 23.5. The largest absolute Gasteiger partial charge is 0.465 e. The Hall–Kier alpha value is -3.69. The van der Waals surface area contributed by atoms with Gasteiger partial charge in [-0.2, -0.15) is 0 Å². The second-order valence-corrected chi connectivity index (χ2v) is 8.37. The van der Waals surface area contributed by atoms with Crippen molar-refractivity contribution in [3.8, 4) is 5.69 Å². The van der Waals surface area contributed by atoms with Crippen LogP contribution in [0, 0.1) is 5.82 Å². The molecule has 0 radical (unpaired) electrons. The van der Waals surface area contributed by atoms with Crippen LogP contribution in [0.3, 0.4) is 0 Å². The molecule has 172 valence electrons. The van der Waals surface area contributed by atoms with Crippen LogP contribution in [0.5, 0.6) is 0 Å². The smallest absolute Gasteiger partial charge is 0.339 e. The molecule has 1 N–H and O–H groups in total. The summed E-state index contributed by atoms with van der Waals surface area (Å²) in [4.78, 5) is 42.4. The van der Waals surface area contributed by atoms with Gasteiger partial charge in [0.1, 0.15) is 5.82 Å². The lowest BCUT2D eigenvalue weighted by Gasteiger charge is -2.14. The minimum Gasteiger partial charge on any atom is -0.465 e. The fourth-order valence-electron chi connectivity index (χ4n) is 3.26. The Morgan fingerprint density at radius 1 is 1.12 bits per heavy atom. The van der Waals surface area contributed by atoms with Gasteiger partial charge in [-0.05, 0) is 42.5 Å². The second kappa shape index (κ2) is 10.1. The van der Waals surface area contributed by atoms with Crippen molar-refractivity contribution in [1.29, 1.82) is 0 Å². The number of carbonyl (C=O) groups excluding carboxylic acids is 2. The van der Waals surface area contributed by atoms with Gasteiger partial charge >= 0.3 is 5.97 Å². The van der Waals surface area contributed by atoms with Crippen LogP contribution in [0.4, 0.5) is 10.1 Å². The Morgan fingerprint density at radius 2 is 1.85 bits per heavy atom. The van der Waals surface area contributed by atoms with Gasteiger partial charge in [0.05, 0.1) is 45.7 Å². The molecule has 1 heterocycles. The van der Waals surface area contributed by atoms with Crippen molar-refractivity contribution in [1.82, 2.24) is 9.55 Å². The van der Waals surface area contributed by atoms with Crippen LogP contribution >= 0.6 is 23.4 Å². The number of nitrogens with zero attached hydrogens (tertiary/aromatic N) is 2. The van der Waals surface area contributed by atoms with Crippen LogP contribution in [0.15, 0.2) is 76.7 Å². The fraction of sp³-hybridized carbons (Fsp3) is 0.0833. The van der Waals surface area contributed by atoms with E-state index >= 15 is 0 Å². The first-order valence-corrected chi connectivity index (χ1v) is 11.3. The number of ether oxygens (including phenoxy) is 1. The topological polar surface area (TPSA) is 90.3 Å². The molecule has 0 unspecified atom stereocenters. The number of hydrogen-bond acceptors (Lipinski definition) is 6. The number of esters is 1. The van der Waals surface area contributed by atoms with Gasteiger partial charge in [0.2, 0.25) is 5.91 Å². The summed E-state index contributed by atoms with van der Waals surface area (Å²) in [7, 11) is 1.25. The number of rotatable bonds is 6. The molecular formula is C24H17ClFN3O4S. The molecule has 0 saturated carbocycles. The maximum Gasteiger partial charge on any atom is 0.339 e. The average Bonchev–Trinajstić information content (AvgIpc) is 2.84. The Bertz CT molecular complexity index is 1470. The van der Waals surface area contributed by atoms with Crippen molar-refractivity contribution < 1.29 is 18.7 Å². The Balaban J connectivity index is 1.67. The summed E-state index contributed by atoms with van der Waals surface area (Å²) in [5.74, 6) is -1.74. The first-order valence-electron chi connectivity index (χ1n) is 9.96. The van der Waals surface area contributed by atoms with E-state index in [0.717, 1.165) is 17.8 Å². The van der Waals surface area contributed by atoms with E-state index < -0.39 is 17.7 Å². The van der Waals surface area contributed by atoms with Gasteiger partial charge in [-0.15, -0.1) is 0 Å². The van der Waals surface area contributed by atoms with Crippen molar-refractivity contribution in [2.45, 2.75) is 5.16 Å². The quantitative estimate of drug-likeness (QED) is 0.236. The van der Waals surface area contributed by atoms with E-state index in [4.69, 9.17) is 16.3 Å². The molecule has 0 aliphatic heterocycles. The molecule has 1 amide bonds. The number of benzene rings is 3. The number of aromatic nitrogens is 2. The second-order valence-electron chi connectivity index (χ2n) is 7.02. The van der Waals surface area contributed by atoms with E-state index in [2.05, 4.69) is 10.3 Å². The number of hydrogen-bond donors (Lipinski definition) is 1. The van der Waals surface area contributed by atoms with E-state index in [1.54, 1.807) is 42.5 Å². The van der Waals surface area contributed by atoms with Gasteiger partial charge in [-0.25, -0.2) is 14.2 Å². The van der Waals surface area contributed by atoms with Crippen LogP contribution in [-0.4, -0.2) is 34.3 Å². The van der Waals surface area contributed by atoms with Crippen LogP contribution in [0.25, 0.3) is 16.6 Å². The van der Waals surface area contributed by atoms with Gasteiger partial charge in [-0.3, -0.25) is 14.2 Å².